The van der Waals surface area contributed by atoms with Crippen molar-refractivity contribution < 1.29 is 19.8 Å². The predicted octanol–water partition coefficient (Wildman–Crippen LogP) is 2.71. The number of phenolic OH excluding ortho intramolecular Hbond substituents is 1. The molecule has 0 spiro atoms. The van der Waals surface area contributed by atoms with Crippen LogP contribution in [0.2, 0.25) is 0 Å². The highest BCUT2D eigenvalue weighted by atomic mass is 32.1. The maximum absolute atomic E-state index is 12.0. The monoisotopic (exact) mass is 277 g/mol. The van der Waals surface area contributed by atoms with Crippen LogP contribution in [0.15, 0.2) is 29.6 Å². The highest BCUT2D eigenvalue weighted by Gasteiger charge is 2.17. The van der Waals surface area contributed by atoms with Crippen molar-refractivity contribution in [3.63, 3.8) is 0 Å². The lowest BCUT2D eigenvalue weighted by molar-refractivity contribution is 0.0703. The van der Waals surface area contributed by atoms with Gasteiger partial charge in [-0.3, -0.25) is 4.79 Å². The number of thiophene rings is 1. The first kappa shape index (κ1) is 13.1. The van der Waals surface area contributed by atoms with Crippen molar-refractivity contribution >= 4 is 28.9 Å². The second-order valence-electron chi connectivity index (χ2n) is 3.93. The fourth-order valence-corrected chi connectivity index (χ4v) is 2.40. The minimum atomic E-state index is -1.07. The Labute approximate surface area is 113 Å². The Kier molecular flexibility index (Phi) is 3.52. The lowest BCUT2D eigenvalue weighted by atomic mass is 10.2. The number of carbonyl (C=O) groups excluding carboxylic acids is 1. The van der Waals surface area contributed by atoms with Crippen LogP contribution in [0, 0.1) is 6.92 Å². The molecule has 1 aromatic carbocycles. The summed E-state index contributed by atoms with van der Waals surface area (Å²) in [6.07, 6.45) is 0. The summed E-state index contributed by atoms with van der Waals surface area (Å²) in [6.45, 7) is 1.73. The molecule has 5 nitrogen and oxygen atoms in total. The highest BCUT2D eigenvalue weighted by molar-refractivity contribution is 7.12. The number of phenols is 1. The number of aromatic hydroxyl groups is 1. The molecule has 19 heavy (non-hydrogen) atoms. The topological polar surface area (TPSA) is 86.6 Å². The molecular formula is C13H11NO4S. The van der Waals surface area contributed by atoms with E-state index in [1.54, 1.807) is 12.3 Å². The van der Waals surface area contributed by atoms with Gasteiger partial charge in [-0.2, -0.15) is 0 Å². The summed E-state index contributed by atoms with van der Waals surface area (Å²) in [5.41, 5.74) is 1.37. The van der Waals surface area contributed by atoms with Gasteiger partial charge < -0.3 is 15.5 Å². The first-order valence-electron chi connectivity index (χ1n) is 5.41. The molecule has 0 saturated carbocycles. The second kappa shape index (κ2) is 5.11. The van der Waals surface area contributed by atoms with Crippen LogP contribution in [0.3, 0.4) is 0 Å². The van der Waals surface area contributed by atoms with E-state index in [9.17, 15) is 9.59 Å². The van der Waals surface area contributed by atoms with E-state index in [4.69, 9.17) is 10.2 Å². The smallest absolute Gasteiger partial charge is 0.348 e. The van der Waals surface area contributed by atoms with Crippen molar-refractivity contribution in [2.75, 3.05) is 5.32 Å². The molecule has 2 rings (SSSR count). The number of aryl methyl sites for hydroxylation is 1. The quantitative estimate of drug-likeness (QED) is 0.805. The summed E-state index contributed by atoms with van der Waals surface area (Å²) in [5.74, 6) is -1.42. The van der Waals surface area contributed by atoms with Crippen LogP contribution in [0.1, 0.15) is 25.6 Å². The molecule has 0 unspecified atom stereocenters. The van der Waals surface area contributed by atoms with Crippen molar-refractivity contribution in [1.82, 2.24) is 0 Å². The van der Waals surface area contributed by atoms with Gasteiger partial charge in [-0.15, -0.1) is 11.3 Å². The molecule has 0 fully saturated rings. The third-order valence-corrected chi connectivity index (χ3v) is 3.62. The van der Waals surface area contributed by atoms with Crippen LogP contribution < -0.4 is 5.32 Å². The maximum atomic E-state index is 12.0. The molecule has 1 aromatic heterocycles. The summed E-state index contributed by atoms with van der Waals surface area (Å²) >= 11 is 1.07. The van der Waals surface area contributed by atoms with Crippen LogP contribution >= 0.6 is 11.3 Å². The first-order valence-corrected chi connectivity index (χ1v) is 6.28. The van der Waals surface area contributed by atoms with Crippen LogP contribution in [-0.4, -0.2) is 22.1 Å². The molecule has 0 aliphatic carbocycles. The fourth-order valence-electron chi connectivity index (χ4n) is 1.56. The standard InChI is InChI=1S/C13H11NO4S/c1-7-6-19-11(13(17)18)10(7)14-12(16)8-2-4-9(15)5-3-8/h2-6,15H,1H3,(H,14,16)(H,17,18). The van der Waals surface area contributed by atoms with E-state index in [0.29, 0.717) is 16.8 Å². The fraction of sp³-hybridized carbons (Fsp3) is 0.0769. The highest BCUT2D eigenvalue weighted by Crippen LogP contribution is 2.28. The molecule has 0 aliphatic rings. The van der Waals surface area contributed by atoms with E-state index in [1.165, 1.54) is 24.3 Å². The number of anilines is 1. The molecule has 0 saturated heterocycles. The Balaban J connectivity index is 2.26. The molecule has 0 bridgehead atoms. The van der Waals surface area contributed by atoms with Crippen molar-refractivity contribution in [2.24, 2.45) is 0 Å². The largest absolute Gasteiger partial charge is 0.508 e. The summed E-state index contributed by atoms with van der Waals surface area (Å²) in [7, 11) is 0. The van der Waals surface area contributed by atoms with Gasteiger partial charge in [0, 0.05) is 5.56 Å². The number of amides is 1. The molecule has 0 atom stereocenters. The van der Waals surface area contributed by atoms with Crippen LogP contribution in [0.4, 0.5) is 5.69 Å². The third-order valence-electron chi connectivity index (χ3n) is 2.54. The zero-order chi connectivity index (χ0) is 14.0. The van der Waals surface area contributed by atoms with Gasteiger partial charge in [-0.05, 0) is 42.1 Å². The number of hydrogen-bond acceptors (Lipinski definition) is 4. The molecule has 98 valence electrons. The molecular weight excluding hydrogens is 266 g/mol. The molecule has 2 aromatic rings. The van der Waals surface area contributed by atoms with Crippen LogP contribution in [0.5, 0.6) is 5.75 Å². The molecule has 6 heteroatoms. The number of rotatable bonds is 3. The molecule has 0 aliphatic heterocycles. The number of benzene rings is 1. The summed E-state index contributed by atoms with van der Waals surface area (Å²) in [6, 6.07) is 5.72. The number of carboxylic acid groups (broad SMARTS) is 1. The van der Waals surface area contributed by atoms with E-state index < -0.39 is 11.9 Å². The minimum Gasteiger partial charge on any atom is -0.508 e. The number of carboxylic acids is 1. The molecule has 3 N–H and O–H groups in total. The first-order chi connectivity index (χ1) is 8.99. The normalized spacial score (nSPS) is 10.2. The summed E-state index contributed by atoms with van der Waals surface area (Å²) < 4.78 is 0. The second-order valence-corrected chi connectivity index (χ2v) is 4.81. The van der Waals surface area contributed by atoms with Gasteiger partial charge >= 0.3 is 5.97 Å². The summed E-state index contributed by atoms with van der Waals surface area (Å²) in [4.78, 5) is 23.1. The van der Waals surface area contributed by atoms with Gasteiger partial charge in [0.2, 0.25) is 0 Å². The van der Waals surface area contributed by atoms with Gasteiger partial charge in [0.05, 0.1) is 5.69 Å². The average Bonchev–Trinajstić information content (AvgIpc) is 2.72. The Morgan fingerprint density at radius 2 is 1.84 bits per heavy atom. The SMILES string of the molecule is Cc1csc(C(=O)O)c1NC(=O)c1ccc(O)cc1. The molecule has 0 radical (unpaired) electrons. The van der Waals surface area contributed by atoms with Crippen molar-refractivity contribution in [1.29, 1.82) is 0 Å². The number of hydrogen-bond donors (Lipinski definition) is 3. The summed E-state index contributed by atoms with van der Waals surface area (Å²) in [5, 5.41) is 22.4. The Morgan fingerprint density at radius 3 is 2.42 bits per heavy atom. The Bertz CT molecular complexity index is 631. The van der Waals surface area contributed by atoms with Gasteiger partial charge in [-0.25, -0.2) is 4.79 Å². The Morgan fingerprint density at radius 1 is 1.21 bits per heavy atom. The number of aromatic carboxylic acids is 1. The van der Waals surface area contributed by atoms with Crippen LogP contribution in [0.25, 0.3) is 0 Å². The minimum absolute atomic E-state index is 0.0643. The van der Waals surface area contributed by atoms with E-state index in [2.05, 4.69) is 5.32 Å². The van der Waals surface area contributed by atoms with Gasteiger partial charge in [0.25, 0.3) is 5.91 Å². The third kappa shape index (κ3) is 2.74. The van der Waals surface area contributed by atoms with E-state index in [1.807, 2.05) is 0 Å². The predicted molar refractivity (Wildman–Crippen MR) is 72.1 cm³/mol. The zero-order valence-electron chi connectivity index (χ0n) is 10.0. The van der Waals surface area contributed by atoms with Gasteiger partial charge in [0.1, 0.15) is 10.6 Å². The van der Waals surface area contributed by atoms with Gasteiger partial charge in [-0.1, -0.05) is 0 Å². The van der Waals surface area contributed by atoms with Crippen molar-refractivity contribution in [3.8, 4) is 5.75 Å². The molecule has 1 heterocycles. The lowest BCUT2D eigenvalue weighted by Gasteiger charge is -2.06. The van der Waals surface area contributed by atoms with E-state index in [0.717, 1.165) is 11.3 Å². The maximum Gasteiger partial charge on any atom is 0.348 e. The number of carbonyl (C=O) groups is 2. The average molecular weight is 277 g/mol. The van der Waals surface area contributed by atoms with Gasteiger partial charge in [0.15, 0.2) is 0 Å². The van der Waals surface area contributed by atoms with Crippen molar-refractivity contribution in [2.45, 2.75) is 6.92 Å². The zero-order valence-corrected chi connectivity index (χ0v) is 10.8. The Hall–Kier alpha value is -2.34. The van der Waals surface area contributed by atoms with Crippen LogP contribution in [-0.2, 0) is 0 Å². The van der Waals surface area contributed by atoms with E-state index in [-0.39, 0.29) is 10.6 Å². The lowest BCUT2D eigenvalue weighted by Crippen LogP contribution is -2.14. The number of nitrogens with one attached hydrogen (secondary N) is 1. The van der Waals surface area contributed by atoms with E-state index >= 15 is 0 Å². The van der Waals surface area contributed by atoms with Crippen molar-refractivity contribution in [3.05, 3.63) is 45.6 Å². The molecule has 1 amide bonds.